The van der Waals surface area contributed by atoms with E-state index in [1.54, 1.807) is 48.5 Å². The molecule has 4 rings (SSSR count). The second-order valence-corrected chi connectivity index (χ2v) is 8.70. The van der Waals surface area contributed by atoms with Crippen molar-refractivity contribution in [3.8, 4) is 23.0 Å². The van der Waals surface area contributed by atoms with E-state index in [0.29, 0.717) is 34.2 Å². The summed E-state index contributed by atoms with van der Waals surface area (Å²) in [6, 6.07) is 12.4. The molecule has 9 nitrogen and oxygen atoms in total. The van der Waals surface area contributed by atoms with Gasteiger partial charge in [0.1, 0.15) is 17.5 Å². The number of benzene rings is 2. The van der Waals surface area contributed by atoms with Crippen molar-refractivity contribution >= 4 is 17.5 Å². The van der Waals surface area contributed by atoms with Crippen LogP contribution >= 0.6 is 0 Å². The van der Waals surface area contributed by atoms with Crippen LogP contribution in [0.3, 0.4) is 0 Å². The van der Waals surface area contributed by atoms with Crippen molar-refractivity contribution in [3.63, 3.8) is 0 Å². The van der Waals surface area contributed by atoms with Crippen molar-refractivity contribution in [2.45, 2.75) is 37.8 Å². The molecule has 3 aromatic rings. The highest BCUT2D eigenvalue weighted by atomic mass is 16.5. The number of anilines is 1. The molecule has 2 aromatic carbocycles. The van der Waals surface area contributed by atoms with Gasteiger partial charge in [-0.2, -0.15) is 0 Å². The lowest BCUT2D eigenvalue weighted by Gasteiger charge is -2.33. The summed E-state index contributed by atoms with van der Waals surface area (Å²) in [5.41, 5.74) is 0.877. The SMILES string of the molecule is COc1ccc(OC)c(N(C(=O)c2ccco2)[C@H](C(=O)NC2CCCC2)c2ccc(OC)c(OC)c2)c1. The van der Waals surface area contributed by atoms with Crippen molar-refractivity contribution < 1.29 is 33.0 Å². The molecule has 1 aromatic heterocycles. The van der Waals surface area contributed by atoms with E-state index in [2.05, 4.69) is 5.32 Å². The van der Waals surface area contributed by atoms with Gasteiger partial charge in [-0.15, -0.1) is 0 Å². The highest BCUT2D eigenvalue weighted by Gasteiger charge is 2.38. The van der Waals surface area contributed by atoms with E-state index in [0.717, 1.165) is 25.7 Å². The molecule has 0 saturated heterocycles. The molecule has 0 aliphatic heterocycles. The van der Waals surface area contributed by atoms with E-state index in [-0.39, 0.29) is 17.7 Å². The standard InChI is InChI=1S/C28H32N2O7/c1-33-20-12-14-22(34-2)21(17-20)30(28(32)24-10-7-15-37-24)26(27(31)29-19-8-5-6-9-19)18-11-13-23(35-3)25(16-18)36-4/h7,10-17,19,26H,5-6,8-9H2,1-4H3,(H,29,31)/t26-/m0/s1. The lowest BCUT2D eigenvalue weighted by atomic mass is 10.0. The van der Waals surface area contributed by atoms with Crippen LogP contribution in [0.4, 0.5) is 5.69 Å². The number of amides is 2. The Kier molecular flexibility index (Phi) is 8.22. The predicted molar refractivity (Wildman–Crippen MR) is 138 cm³/mol. The molecule has 1 aliphatic carbocycles. The third-order valence-electron chi connectivity index (χ3n) is 6.53. The Morgan fingerprint density at radius 2 is 1.59 bits per heavy atom. The van der Waals surface area contributed by atoms with E-state index < -0.39 is 11.9 Å². The maximum atomic E-state index is 14.0. The molecular weight excluding hydrogens is 476 g/mol. The van der Waals surface area contributed by atoms with Gasteiger partial charge in [-0.1, -0.05) is 18.9 Å². The molecule has 1 N–H and O–H groups in total. The molecular formula is C28H32N2O7. The molecule has 1 saturated carbocycles. The molecule has 196 valence electrons. The molecule has 1 aliphatic rings. The zero-order chi connectivity index (χ0) is 26.4. The molecule has 2 amide bonds. The quantitative estimate of drug-likeness (QED) is 0.421. The van der Waals surface area contributed by atoms with E-state index in [1.165, 1.54) is 39.6 Å². The second kappa shape index (κ2) is 11.7. The predicted octanol–water partition coefficient (Wildman–Crippen LogP) is 4.76. The van der Waals surface area contributed by atoms with Crippen LogP contribution in [0.2, 0.25) is 0 Å². The van der Waals surface area contributed by atoms with Gasteiger partial charge < -0.3 is 28.7 Å². The number of ether oxygens (including phenoxy) is 4. The average Bonchev–Trinajstić information content (AvgIpc) is 3.65. The highest BCUT2D eigenvalue weighted by molar-refractivity contribution is 6.09. The molecule has 1 heterocycles. The third-order valence-corrected chi connectivity index (χ3v) is 6.53. The number of carbonyl (C=O) groups is 2. The summed E-state index contributed by atoms with van der Waals surface area (Å²) in [6.45, 7) is 0. The Morgan fingerprint density at radius 1 is 0.892 bits per heavy atom. The first-order valence-electron chi connectivity index (χ1n) is 12.1. The first kappa shape index (κ1) is 25.9. The first-order valence-corrected chi connectivity index (χ1v) is 12.1. The Hall–Kier alpha value is -4.14. The van der Waals surface area contributed by atoms with Crippen molar-refractivity contribution in [2.24, 2.45) is 0 Å². The smallest absolute Gasteiger partial charge is 0.295 e. The van der Waals surface area contributed by atoms with Crippen LogP contribution in [0.5, 0.6) is 23.0 Å². The van der Waals surface area contributed by atoms with Gasteiger partial charge in [0.15, 0.2) is 17.3 Å². The zero-order valence-electron chi connectivity index (χ0n) is 21.5. The number of nitrogens with one attached hydrogen (secondary N) is 1. The second-order valence-electron chi connectivity index (χ2n) is 8.70. The minimum Gasteiger partial charge on any atom is -0.497 e. The largest absolute Gasteiger partial charge is 0.497 e. The fourth-order valence-electron chi connectivity index (χ4n) is 4.66. The van der Waals surface area contributed by atoms with Gasteiger partial charge in [0, 0.05) is 12.1 Å². The van der Waals surface area contributed by atoms with Gasteiger partial charge in [-0.25, -0.2) is 0 Å². The van der Waals surface area contributed by atoms with Crippen LogP contribution in [0.15, 0.2) is 59.2 Å². The highest BCUT2D eigenvalue weighted by Crippen LogP contribution is 2.40. The molecule has 9 heteroatoms. The molecule has 0 radical (unpaired) electrons. The topological polar surface area (TPSA) is 99.5 Å². The van der Waals surface area contributed by atoms with E-state index >= 15 is 0 Å². The monoisotopic (exact) mass is 508 g/mol. The van der Waals surface area contributed by atoms with Gasteiger partial charge in [0.05, 0.1) is 40.4 Å². The molecule has 37 heavy (non-hydrogen) atoms. The Bertz CT molecular complexity index is 1220. The number of hydrogen-bond acceptors (Lipinski definition) is 7. The number of nitrogens with zero attached hydrogens (tertiary/aromatic N) is 1. The van der Waals surface area contributed by atoms with E-state index in [1.807, 2.05) is 0 Å². The summed E-state index contributed by atoms with van der Waals surface area (Å²) in [5.74, 6) is 1.05. The van der Waals surface area contributed by atoms with Crippen molar-refractivity contribution in [3.05, 3.63) is 66.1 Å². The van der Waals surface area contributed by atoms with Crippen molar-refractivity contribution in [2.75, 3.05) is 33.3 Å². The molecule has 1 fully saturated rings. The summed E-state index contributed by atoms with van der Waals surface area (Å²) in [5, 5.41) is 3.15. The number of furan rings is 1. The fourth-order valence-corrected chi connectivity index (χ4v) is 4.66. The molecule has 0 bridgehead atoms. The lowest BCUT2D eigenvalue weighted by molar-refractivity contribution is -0.123. The van der Waals surface area contributed by atoms with Crippen LogP contribution in [0, 0.1) is 0 Å². The third kappa shape index (κ3) is 5.50. The number of carbonyl (C=O) groups excluding carboxylic acids is 2. The van der Waals surface area contributed by atoms with Gasteiger partial charge in [-0.05, 0) is 54.8 Å². The van der Waals surface area contributed by atoms with Gasteiger partial charge in [0.25, 0.3) is 5.91 Å². The van der Waals surface area contributed by atoms with Crippen LogP contribution in [-0.2, 0) is 4.79 Å². The summed E-state index contributed by atoms with van der Waals surface area (Å²) in [6.07, 6.45) is 5.28. The Balaban J connectivity index is 1.92. The minimum atomic E-state index is -1.08. The van der Waals surface area contributed by atoms with Crippen LogP contribution in [0.25, 0.3) is 0 Å². The number of methoxy groups -OCH3 is 4. The summed E-state index contributed by atoms with van der Waals surface area (Å²) < 4.78 is 27.4. The number of rotatable bonds is 10. The maximum absolute atomic E-state index is 14.0. The lowest BCUT2D eigenvalue weighted by Crippen LogP contribution is -2.46. The summed E-state index contributed by atoms with van der Waals surface area (Å²) >= 11 is 0. The van der Waals surface area contributed by atoms with E-state index in [9.17, 15) is 9.59 Å². The van der Waals surface area contributed by atoms with Crippen LogP contribution in [0.1, 0.15) is 47.8 Å². The van der Waals surface area contributed by atoms with E-state index in [4.69, 9.17) is 23.4 Å². The minimum absolute atomic E-state index is 0.0305. The van der Waals surface area contributed by atoms with Crippen LogP contribution < -0.4 is 29.2 Å². The Morgan fingerprint density at radius 3 is 2.22 bits per heavy atom. The van der Waals surface area contributed by atoms with Crippen LogP contribution in [-0.4, -0.2) is 46.3 Å². The fraction of sp³-hybridized carbons (Fsp3) is 0.357. The molecule has 0 unspecified atom stereocenters. The average molecular weight is 509 g/mol. The normalized spacial score (nSPS) is 14.1. The zero-order valence-corrected chi connectivity index (χ0v) is 21.5. The van der Waals surface area contributed by atoms with Gasteiger partial charge in [0.2, 0.25) is 5.91 Å². The summed E-state index contributed by atoms with van der Waals surface area (Å²) in [7, 11) is 6.09. The number of hydrogen-bond donors (Lipinski definition) is 1. The van der Waals surface area contributed by atoms with Gasteiger partial charge in [-0.3, -0.25) is 14.5 Å². The van der Waals surface area contributed by atoms with Gasteiger partial charge >= 0.3 is 0 Å². The molecule has 1 atom stereocenters. The summed E-state index contributed by atoms with van der Waals surface area (Å²) in [4.78, 5) is 29.4. The van der Waals surface area contributed by atoms with Crippen molar-refractivity contribution in [1.82, 2.24) is 5.32 Å². The maximum Gasteiger partial charge on any atom is 0.295 e. The first-order chi connectivity index (χ1) is 18.0. The van der Waals surface area contributed by atoms with Crippen molar-refractivity contribution in [1.29, 1.82) is 0 Å². The Labute approximate surface area is 216 Å². The molecule has 0 spiro atoms.